The molecule has 3 fully saturated rings. The minimum atomic E-state index is -0.262. The molecule has 0 aliphatic carbocycles. The molecule has 0 unspecified atom stereocenters. The Balaban J connectivity index is 2.11. The second-order valence-corrected chi connectivity index (χ2v) is 7.54. The standard InChI is InChI=1S/C16H38N8/c1-24(2)16-12-21-6-3-18-9-15(17,10-19-4-7-22-13-16)11-20-5-8-23-14-16/h18-23H,3-14,17H2,1-2H3. The number of nitrogens with two attached hydrogens (primary N) is 1. The lowest BCUT2D eigenvalue weighted by atomic mass is 9.96. The molecule has 0 amide bonds. The van der Waals surface area contributed by atoms with E-state index < -0.39 is 0 Å². The highest BCUT2D eigenvalue weighted by molar-refractivity contribution is 4.96. The van der Waals surface area contributed by atoms with E-state index in [9.17, 15) is 0 Å². The number of hydrogen-bond donors (Lipinski definition) is 7. The maximum atomic E-state index is 6.61. The first-order valence-corrected chi connectivity index (χ1v) is 9.27. The van der Waals surface area contributed by atoms with E-state index in [1.54, 1.807) is 0 Å². The lowest BCUT2D eigenvalue weighted by Crippen LogP contribution is -2.65. The van der Waals surface area contributed by atoms with Crippen molar-refractivity contribution in [1.29, 1.82) is 0 Å². The minimum absolute atomic E-state index is 0.0614. The Morgan fingerprint density at radius 3 is 1.17 bits per heavy atom. The van der Waals surface area contributed by atoms with Crippen LogP contribution in [0.15, 0.2) is 0 Å². The molecule has 8 nitrogen and oxygen atoms in total. The van der Waals surface area contributed by atoms with E-state index in [1.165, 1.54) is 0 Å². The fraction of sp³-hybridized carbons (Fsp3) is 1.00. The Kier molecular flexibility index (Phi) is 8.32. The van der Waals surface area contributed by atoms with Gasteiger partial charge in [0.2, 0.25) is 0 Å². The predicted octanol–water partition coefficient (Wildman–Crippen LogP) is -3.45. The number of rotatable bonds is 1. The monoisotopic (exact) mass is 342 g/mol. The van der Waals surface area contributed by atoms with Gasteiger partial charge in [-0.3, -0.25) is 0 Å². The van der Waals surface area contributed by atoms with Crippen LogP contribution in [0.5, 0.6) is 0 Å². The zero-order valence-electron chi connectivity index (χ0n) is 15.5. The second kappa shape index (κ2) is 9.98. The normalized spacial score (nSPS) is 35.5. The molecule has 0 aromatic heterocycles. The van der Waals surface area contributed by atoms with Crippen LogP contribution in [-0.4, -0.2) is 109 Å². The molecule has 3 heterocycles. The molecule has 2 bridgehead atoms. The number of hydrogen-bond acceptors (Lipinski definition) is 8. The number of fused-ring (bicyclic) bond motifs is 15. The molecule has 24 heavy (non-hydrogen) atoms. The topological polar surface area (TPSA) is 101 Å². The minimum Gasteiger partial charge on any atom is -0.322 e. The summed E-state index contributed by atoms with van der Waals surface area (Å²) in [5.74, 6) is 0. The molecule has 0 saturated carbocycles. The van der Waals surface area contributed by atoms with Gasteiger partial charge in [0, 0.05) is 78.5 Å². The summed E-state index contributed by atoms with van der Waals surface area (Å²) in [6.45, 7) is 11.0. The third-order valence-corrected chi connectivity index (χ3v) is 5.18. The molecule has 3 aliphatic rings. The van der Waals surface area contributed by atoms with Crippen LogP contribution in [0.2, 0.25) is 0 Å². The Hall–Kier alpha value is -0.320. The van der Waals surface area contributed by atoms with Gasteiger partial charge in [-0.2, -0.15) is 0 Å². The highest BCUT2D eigenvalue weighted by Gasteiger charge is 2.32. The summed E-state index contributed by atoms with van der Waals surface area (Å²) in [6.07, 6.45) is 0. The van der Waals surface area contributed by atoms with Crippen LogP contribution in [0.4, 0.5) is 0 Å². The lowest BCUT2D eigenvalue weighted by Gasteiger charge is -2.41. The molecular formula is C16H38N8. The Labute approximate surface area is 147 Å². The van der Waals surface area contributed by atoms with Gasteiger partial charge in [0.25, 0.3) is 0 Å². The number of likely N-dealkylation sites (N-methyl/N-ethyl adjacent to an activating group) is 1. The third kappa shape index (κ3) is 6.20. The van der Waals surface area contributed by atoms with Crippen molar-refractivity contribution in [3.63, 3.8) is 0 Å². The van der Waals surface area contributed by atoms with Crippen molar-refractivity contribution in [2.75, 3.05) is 92.6 Å². The summed E-state index contributed by atoms with van der Waals surface area (Å²) in [4.78, 5) is 2.34. The maximum Gasteiger partial charge on any atom is 0.0578 e. The molecular weight excluding hydrogens is 304 g/mol. The molecule has 0 radical (unpaired) electrons. The zero-order valence-corrected chi connectivity index (χ0v) is 15.5. The van der Waals surface area contributed by atoms with Gasteiger partial charge in [0.05, 0.1) is 11.1 Å². The van der Waals surface area contributed by atoms with E-state index >= 15 is 0 Å². The van der Waals surface area contributed by atoms with Crippen molar-refractivity contribution in [2.45, 2.75) is 11.1 Å². The van der Waals surface area contributed by atoms with E-state index in [0.29, 0.717) is 0 Å². The second-order valence-electron chi connectivity index (χ2n) is 7.54. The Morgan fingerprint density at radius 1 is 0.583 bits per heavy atom. The fourth-order valence-electron chi connectivity index (χ4n) is 3.35. The Morgan fingerprint density at radius 2 is 0.875 bits per heavy atom. The van der Waals surface area contributed by atoms with E-state index in [1.807, 2.05) is 0 Å². The molecule has 0 atom stereocenters. The van der Waals surface area contributed by atoms with Gasteiger partial charge in [-0.05, 0) is 14.1 Å². The van der Waals surface area contributed by atoms with E-state index in [-0.39, 0.29) is 11.1 Å². The molecule has 142 valence electrons. The van der Waals surface area contributed by atoms with E-state index in [4.69, 9.17) is 5.73 Å². The maximum absolute atomic E-state index is 6.61. The van der Waals surface area contributed by atoms with Gasteiger partial charge in [0.15, 0.2) is 0 Å². The van der Waals surface area contributed by atoms with Crippen LogP contribution in [0.3, 0.4) is 0 Å². The summed E-state index contributed by atoms with van der Waals surface area (Å²) in [5.41, 5.74) is 6.41. The van der Waals surface area contributed by atoms with Gasteiger partial charge >= 0.3 is 0 Å². The zero-order chi connectivity index (χ0) is 17.3. The average molecular weight is 343 g/mol. The molecule has 3 rings (SSSR count). The first kappa shape index (κ1) is 20.0. The first-order chi connectivity index (χ1) is 11.6. The SMILES string of the molecule is CN(C)C12CNCCNCC(N)(CNCCNC1)CNCCNC2. The van der Waals surface area contributed by atoms with Crippen molar-refractivity contribution < 1.29 is 0 Å². The average Bonchev–Trinajstić information content (AvgIpc) is 2.55. The summed E-state index contributed by atoms with van der Waals surface area (Å²) < 4.78 is 0. The van der Waals surface area contributed by atoms with Crippen molar-refractivity contribution in [3.05, 3.63) is 0 Å². The molecule has 0 aromatic rings. The smallest absolute Gasteiger partial charge is 0.0578 e. The van der Waals surface area contributed by atoms with Crippen LogP contribution in [0, 0.1) is 0 Å². The molecule has 0 aromatic carbocycles. The van der Waals surface area contributed by atoms with Gasteiger partial charge in [-0.25, -0.2) is 0 Å². The molecule has 3 saturated heterocycles. The molecule has 8 heteroatoms. The molecule has 3 aliphatic heterocycles. The van der Waals surface area contributed by atoms with Gasteiger partial charge < -0.3 is 42.5 Å². The molecule has 8 N–H and O–H groups in total. The van der Waals surface area contributed by atoms with Gasteiger partial charge in [-0.15, -0.1) is 0 Å². The van der Waals surface area contributed by atoms with Crippen molar-refractivity contribution in [1.82, 2.24) is 36.8 Å². The van der Waals surface area contributed by atoms with Gasteiger partial charge in [-0.1, -0.05) is 0 Å². The lowest BCUT2D eigenvalue weighted by molar-refractivity contribution is 0.140. The number of nitrogens with one attached hydrogen (secondary N) is 6. The summed E-state index contributed by atoms with van der Waals surface area (Å²) in [6, 6.07) is 0. The Bertz CT molecular complexity index is 305. The number of nitrogens with zero attached hydrogens (tertiary/aromatic N) is 1. The van der Waals surface area contributed by atoms with Crippen molar-refractivity contribution in [3.8, 4) is 0 Å². The quantitative estimate of drug-likeness (QED) is 0.264. The van der Waals surface area contributed by atoms with Gasteiger partial charge in [0.1, 0.15) is 0 Å². The fourth-order valence-corrected chi connectivity index (χ4v) is 3.35. The third-order valence-electron chi connectivity index (χ3n) is 5.18. The summed E-state index contributed by atoms with van der Waals surface area (Å²) in [5, 5.41) is 21.4. The van der Waals surface area contributed by atoms with E-state index in [2.05, 4.69) is 50.9 Å². The van der Waals surface area contributed by atoms with Crippen molar-refractivity contribution in [2.24, 2.45) is 5.73 Å². The van der Waals surface area contributed by atoms with Crippen LogP contribution in [0.25, 0.3) is 0 Å². The van der Waals surface area contributed by atoms with Crippen molar-refractivity contribution >= 4 is 0 Å². The van der Waals surface area contributed by atoms with Crippen LogP contribution in [0.1, 0.15) is 0 Å². The summed E-state index contributed by atoms with van der Waals surface area (Å²) >= 11 is 0. The summed E-state index contributed by atoms with van der Waals surface area (Å²) in [7, 11) is 4.35. The highest BCUT2D eigenvalue weighted by Crippen LogP contribution is 2.09. The highest BCUT2D eigenvalue weighted by atomic mass is 15.2. The predicted molar refractivity (Wildman–Crippen MR) is 101 cm³/mol. The molecule has 0 spiro atoms. The van der Waals surface area contributed by atoms with Crippen LogP contribution < -0.4 is 37.6 Å². The first-order valence-electron chi connectivity index (χ1n) is 9.27. The largest absolute Gasteiger partial charge is 0.322 e. The van der Waals surface area contributed by atoms with Crippen LogP contribution >= 0.6 is 0 Å². The van der Waals surface area contributed by atoms with E-state index in [0.717, 1.165) is 78.5 Å². The van der Waals surface area contributed by atoms with Crippen LogP contribution in [-0.2, 0) is 0 Å².